The summed E-state index contributed by atoms with van der Waals surface area (Å²) in [5.41, 5.74) is 0.838. The molecule has 1 aliphatic rings. The van der Waals surface area contributed by atoms with Gasteiger partial charge in [-0.25, -0.2) is 9.97 Å². The van der Waals surface area contributed by atoms with Gasteiger partial charge in [-0.2, -0.15) is 0 Å². The SMILES string of the molecule is COc1ccc(NC(=O)c2cc(NCC3CCCO3)nc(C)n2)cc1Cl. The fourth-order valence-electron chi connectivity index (χ4n) is 2.74. The molecule has 2 aromatic rings. The van der Waals surface area contributed by atoms with Gasteiger partial charge >= 0.3 is 0 Å². The van der Waals surface area contributed by atoms with E-state index in [1.165, 1.54) is 7.11 Å². The third-order valence-corrected chi connectivity index (χ3v) is 4.31. The molecule has 2 N–H and O–H groups in total. The lowest BCUT2D eigenvalue weighted by molar-refractivity contribution is 0.102. The zero-order valence-electron chi connectivity index (χ0n) is 14.7. The summed E-state index contributed by atoms with van der Waals surface area (Å²) < 4.78 is 10.7. The number of aromatic nitrogens is 2. The van der Waals surface area contributed by atoms with Gasteiger partial charge in [-0.1, -0.05) is 11.6 Å². The number of rotatable bonds is 6. The number of hydrogen-bond acceptors (Lipinski definition) is 6. The predicted molar refractivity (Wildman–Crippen MR) is 100 cm³/mol. The number of nitrogens with one attached hydrogen (secondary N) is 2. The molecule has 1 aromatic carbocycles. The van der Waals surface area contributed by atoms with Crippen molar-refractivity contribution < 1.29 is 14.3 Å². The first-order valence-electron chi connectivity index (χ1n) is 8.41. The molecule has 1 aliphatic heterocycles. The highest BCUT2D eigenvalue weighted by Crippen LogP contribution is 2.27. The van der Waals surface area contributed by atoms with Gasteiger partial charge in [-0.15, -0.1) is 0 Å². The van der Waals surface area contributed by atoms with Crippen LogP contribution in [0.1, 0.15) is 29.2 Å². The Balaban J connectivity index is 1.69. The van der Waals surface area contributed by atoms with Crippen molar-refractivity contribution in [2.75, 3.05) is 30.9 Å². The van der Waals surface area contributed by atoms with E-state index < -0.39 is 0 Å². The number of methoxy groups -OCH3 is 1. The van der Waals surface area contributed by atoms with E-state index >= 15 is 0 Å². The van der Waals surface area contributed by atoms with Gasteiger partial charge in [0.1, 0.15) is 23.1 Å². The minimum atomic E-state index is -0.336. The lowest BCUT2D eigenvalue weighted by atomic mass is 10.2. The van der Waals surface area contributed by atoms with Gasteiger partial charge in [-0.05, 0) is 38.0 Å². The molecule has 2 heterocycles. The topological polar surface area (TPSA) is 85.4 Å². The number of aryl methyl sites for hydroxylation is 1. The molecule has 1 fully saturated rings. The number of hydrogen-bond donors (Lipinski definition) is 2. The molecular formula is C18H21ClN4O3. The van der Waals surface area contributed by atoms with Crippen LogP contribution in [-0.4, -0.2) is 42.2 Å². The Bertz CT molecular complexity index is 794. The van der Waals surface area contributed by atoms with Crippen molar-refractivity contribution >= 4 is 29.0 Å². The highest BCUT2D eigenvalue weighted by Gasteiger charge is 2.16. The quantitative estimate of drug-likeness (QED) is 0.804. The third kappa shape index (κ3) is 4.62. The van der Waals surface area contributed by atoms with Gasteiger partial charge in [-0.3, -0.25) is 4.79 Å². The first-order chi connectivity index (χ1) is 12.5. The van der Waals surface area contributed by atoms with Crippen LogP contribution in [0.15, 0.2) is 24.3 Å². The Kier molecular flexibility index (Phi) is 5.90. The number of amides is 1. The van der Waals surface area contributed by atoms with Gasteiger partial charge in [0.2, 0.25) is 0 Å². The van der Waals surface area contributed by atoms with E-state index in [2.05, 4.69) is 20.6 Å². The van der Waals surface area contributed by atoms with Crippen molar-refractivity contribution in [3.05, 3.63) is 40.8 Å². The summed E-state index contributed by atoms with van der Waals surface area (Å²) in [7, 11) is 1.54. The van der Waals surface area contributed by atoms with Crippen LogP contribution in [0.3, 0.4) is 0 Å². The first-order valence-corrected chi connectivity index (χ1v) is 8.79. The van der Waals surface area contributed by atoms with Gasteiger partial charge in [0.05, 0.1) is 18.2 Å². The Morgan fingerprint density at radius 3 is 2.92 bits per heavy atom. The number of halogens is 1. The molecular weight excluding hydrogens is 356 g/mol. The largest absolute Gasteiger partial charge is 0.495 e. The maximum atomic E-state index is 12.5. The zero-order chi connectivity index (χ0) is 18.5. The van der Waals surface area contributed by atoms with Crippen molar-refractivity contribution in [1.82, 2.24) is 9.97 Å². The average Bonchev–Trinajstić information content (AvgIpc) is 3.13. The molecule has 3 rings (SSSR count). The Hall–Kier alpha value is -2.38. The molecule has 1 aromatic heterocycles. The molecule has 1 unspecified atom stereocenters. The molecule has 0 saturated carbocycles. The standard InChI is InChI=1S/C18H21ClN4O3/c1-11-21-15(9-17(22-11)20-10-13-4-3-7-26-13)18(24)23-12-5-6-16(25-2)14(19)8-12/h5-6,8-9,13H,3-4,7,10H2,1-2H3,(H,23,24)(H,20,21,22). The molecule has 0 bridgehead atoms. The number of carbonyl (C=O) groups excluding carboxylic acids is 1. The van der Waals surface area contributed by atoms with Gasteiger partial charge in [0, 0.05) is 24.9 Å². The van der Waals surface area contributed by atoms with E-state index in [0.29, 0.717) is 34.6 Å². The summed E-state index contributed by atoms with van der Waals surface area (Å²) in [6.45, 7) is 3.21. The van der Waals surface area contributed by atoms with Crippen LogP contribution in [0.25, 0.3) is 0 Å². The summed E-state index contributed by atoms with van der Waals surface area (Å²) >= 11 is 6.09. The Labute approximate surface area is 157 Å². The minimum Gasteiger partial charge on any atom is -0.495 e. The minimum absolute atomic E-state index is 0.184. The van der Waals surface area contributed by atoms with Gasteiger partial charge in [0.15, 0.2) is 0 Å². The molecule has 7 nitrogen and oxygen atoms in total. The van der Waals surface area contributed by atoms with E-state index in [4.69, 9.17) is 21.1 Å². The number of ether oxygens (including phenoxy) is 2. The Morgan fingerprint density at radius 2 is 2.23 bits per heavy atom. The average molecular weight is 377 g/mol. The van der Waals surface area contributed by atoms with Crippen LogP contribution < -0.4 is 15.4 Å². The number of benzene rings is 1. The predicted octanol–water partition coefficient (Wildman–Crippen LogP) is 3.29. The van der Waals surface area contributed by atoms with Crippen LogP contribution >= 0.6 is 11.6 Å². The maximum Gasteiger partial charge on any atom is 0.274 e. The highest BCUT2D eigenvalue weighted by atomic mass is 35.5. The van der Waals surface area contributed by atoms with E-state index in [1.807, 2.05) is 0 Å². The summed E-state index contributed by atoms with van der Waals surface area (Å²) in [4.78, 5) is 21.1. The molecule has 138 valence electrons. The molecule has 8 heteroatoms. The molecule has 0 radical (unpaired) electrons. The smallest absolute Gasteiger partial charge is 0.274 e. The van der Waals surface area contributed by atoms with Crippen molar-refractivity contribution in [3.8, 4) is 5.75 Å². The van der Waals surface area contributed by atoms with E-state index in [-0.39, 0.29) is 17.7 Å². The van der Waals surface area contributed by atoms with Crippen molar-refractivity contribution in [2.45, 2.75) is 25.9 Å². The number of carbonyl (C=O) groups is 1. The number of nitrogens with zero attached hydrogens (tertiary/aromatic N) is 2. The van der Waals surface area contributed by atoms with Crippen LogP contribution in [0.5, 0.6) is 5.75 Å². The van der Waals surface area contributed by atoms with Crippen LogP contribution in [0.2, 0.25) is 5.02 Å². The molecule has 0 aliphatic carbocycles. The maximum absolute atomic E-state index is 12.5. The van der Waals surface area contributed by atoms with Crippen LogP contribution in [0, 0.1) is 6.92 Å². The second-order valence-electron chi connectivity index (χ2n) is 6.01. The van der Waals surface area contributed by atoms with Crippen molar-refractivity contribution in [3.63, 3.8) is 0 Å². The van der Waals surface area contributed by atoms with E-state index in [9.17, 15) is 4.79 Å². The molecule has 26 heavy (non-hydrogen) atoms. The summed E-state index contributed by atoms with van der Waals surface area (Å²) in [6.07, 6.45) is 2.29. The highest BCUT2D eigenvalue weighted by molar-refractivity contribution is 6.32. The summed E-state index contributed by atoms with van der Waals surface area (Å²) in [5, 5.41) is 6.42. The van der Waals surface area contributed by atoms with Gasteiger partial charge in [0.25, 0.3) is 5.91 Å². The summed E-state index contributed by atoms with van der Waals surface area (Å²) in [5.74, 6) is 1.33. The molecule has 1 atom stereocenters. The lowest BCUT2D eigenvalue weighted by Crippen LogP contribution is -2.20. The molecule has 1 amide bonds. The van der Waals surface area contributed by atoms with Crippen molar-refractivity contribution in [1.29, 1.82) is 0 Å². The first kappa shape index (κ1) is 18.4. The van der Waals surface area contributed by atoms with Crippen LogP contribution in [0.4, 0.5) is 11.5 Å². The fraction of sp³-hybridized carbons (Fsp3) is 0.389. The normalized spacial score (nSPS) is 16.3. The van der Waals surface area contributed by atoms with Gasteiger partial charge < -0.3 is 20.1 Å². The zero-order valence-corrected chi connectivity index (χ0v) is 15.5. The second kappa shape index (κ2) is 8.33. The number of anilines is 2. The molecule has 1 saturated heterocycles. The fourth-order valence-corrected chi connectivity index (χ4v) is 3.00. The third-order valence-electron chi connectivity index (χ3n) is 4.02. The summed E-state index contributed by atoms with van der Waals surface area (Å²) in [6, 6.07) is 6.66. The monoisotopic (exact) mass is 376 g/mol. The molecule has 0 spiro atoms. The lowest BCUT2D eigenvalue weighted by Gasteiger charge is -2.13. The van der Waals surface area contributed by atoms with E-state index in [1.54, 1.807) is 31.2 Å². The Morgan fingerprint density at radius 1 is 1.38 bits per heavy atom. The van der Waals surface area contributed by atoms with Crippen LogP contribution in [-0.2, 0) is 4.74 Å². The van der Waals surface area contributed by atoms with Crippen molar-refractivity contribution in [2.24, 2.45) is 0 Å². The van der Waals surface area contributed by atoms with E-state index in [0.717, 1.165) is 19.4 Å². The second-order valence-corrected chi connectivity index (χ2v) is 6.41.